The standard InChI is InChI=1S/C22H31F3N6O/c1-2-3-9-20(21-26-27-28-31(21)16-19-8-5-14-32-19)30-12-10-29(11-13-30)18-7-4-6-17(15-18)22(23,24)25/h4,6-7,15,19-20H,2-3,5,8-14,16H2,1H3/t19-,20+/m0/s1. The Balaban J connectivity index is 1.45. The van der Waals surface area contributed by atoms with Crippen LogP contribution in [0.5, 0.6) is 0 Å². The molecule has 2 fully saturated rings. The van der Waals surface area contributed by atoms with Crippen molar-refractivity contribution >= 4 is 5.69 Å². The monoisotopic (exact) mass is 452 g/mol. The third-order valence-corrected chi connectivity index (χ3v) is 6.38. The first-order valence-corrected chi connectivity index (χ1v) is 11.5. The van der Waals surface area contributed by atoms with Crippen molar-refractivity contribution in [3.63, 3.8) is 0 Å². The summed E-state index contributed by atoms with van der Waals surface area (Å²) in [7, 11) is 0. The van der Waals surface area contributed by atoms with Crippen molar-refractivity contribution < 1.29 is 17.9 Å². The van der Waals surface area contributed by atoms with Gasteiger partial charge in [-0.25, -0.2) is 4.68 Å². The predicted molar refractivity (Wildman–Crippen MR) is 114 cm³/mol. The third-order valence-electron chi connectivity index (χ3n) is 6.38. The molecule has 0 N–H and O–H groups in total. The number of rotatable bonds is 8. The highest BCUT2D eigenvalue weighted by atomic mass is 19.4. The molecule has 3 heterocycles. The summed E-state index contributed by atoms with van der Waals surface area (Å²) in [6.07, 6.45) is 1.00. The molecule has 2 saturated heterocycles. The van der Waals surface area contributed by atoms with Crippen molar-refractivity contribution in [1.82, 2.24) is 25.1 Å². The normalized spacial score (nSPS) is 21.2. The number of hydrogen-bond donors (Lipinski definition) is 0. The van der Waals surface area contributed by atoms with Gasteiger partial charge >= 0.3 is 6.18 Å². The van der Waals surface area contributed by atoms with Crippen LogP contribution in [-0.4, -0.2) is 64.0 Å². The van der Waals surface area contributed by atoms with Crippen LogP contribution in [0.15, 0.2) is 24.3 Å². The molecule has 4 rings (SSSR count). The Morgan fingerprint density at radius 1 is 1.19 bits per heavy atom. The fourth-order valence-electron chi connectivity index (χ4n) is 4.60. The van der Waals surface area contributed by atoms with E-state index in [9.17, 15) is 13.2 Å². The smallest absolute Gasteiger partial charge is 0.376 e. The van der Waals surface area contributed by atoms with Gasteiger partial charge in [0.05, 0.1) is 24.3 Å². The van der Waals surface area contributed by atoms with Crippen LogP contribution in [0.2, 0.25) is 0 Å². The molecule has 1 aromatic carbocycles. The topological polar surface area (TPSA) is 59.3 Å². The summed E-state index contributed by atoms with van der Waals surface area (Å²) in [5, 5.41) is 12.5. The maximum absolute atomic E-state index is 13.1. The molecule has 0 radical (unpaired) electrons. The van der Waals surface area contributed by atoms with Crippen LogP contribution in [0.1, 0.15) is 56.5 Å². The number of hydrogen-bond acceptors (Lipinski definition) is 6. The van der Waals surface area contributed by atoms with Crippen LogP contribution in [0.4, 0.5) is 18.9 Å². The summed E-state index contributed by atoms with van der Waals surface area (Å²) >= 11 is 0. The molecule has 2 atom stereocenters. The van der Waals surface area contributed by atoms with Crippen LogP contribution in [0.3, 0.4) is 0 Å². The number of benzene rings is 1. The zero-order chi connectivity index (χ0) is 22.6. The Bertz CT molecular complexity index is 859. The maximum atomic E-state index is 13.1. The zero-order valence-corrected chi connectivity index (χ0v) is 18.5. The van der Waals surface area contributed by atoms with Crippen molar-refractivity contribution in [1.29, 1.82) is 0 Å². The first kappa shape index (κ1) is 23.0. The molecular weight excluding hydrogens is 421 g/mol. The summed E-state index contributed by atoms with van der Waals surface area (Å²) in [5.74, 6) is 0.862. The molecule has 1 aromatic heterocycles. The molecule has 2 aliphatic rings. The van der Waals surface area contributed by atoms with E-state index in [4.69, 9.17) is 4.74 Å². The number of anilines is 1. The van der Waals surface area contributed by atoms with Crippen LogP contribution >= 0.6 is 0 Å². The lowest BCUT2D eigenvalue weighted by atomic mass is 10.1. The molecule has 2 aliphatic heterocycles. The van der Waals surface area contributed by atoms with Crippen LogP contribution in [-0.2, 0) is 17.5 Å². The van der Waals surface area contributed by atoms with Crippen LogP contribution < -0.4 is 4.90 Å². The first-order chi connectivity index (χ1) is 15.5. The largest absolute Gasteiger partial charge is 0.416 e. The molecular formula is C22H31F3N6O. The van der Waals surface area contributed by atoms with Crippen molar-refractivity contribution in [2.45, 2.75) is 63.9 Å². The molecule has 0 bridgehead atoms. The van der Waals surface area contributed by atoms with Crippen molar-refractivity contribution in [2.75, 3.05) is 37.7 Å². The molecule has 10 heteroatoms. The quantitative estimate of drug-likeness (QED) is 0.605. The van der Waals surface area contributed by atoms with E-state index >= 15 is 0 Å². The lowest BCUT2D eigenvalue weighted by Gasteiger charge is -2.40. The van der Waals surface area contributed by atoms with E-state index in [1.54, 1.807) is 6.07 Å². The second-order valence-corrected chi connectivity index (χ2v) is 8.58. The van der Waals surface area contributed by atoms with E-state index in [0.29, 0.717) is 25.3 Å². The Morgan fingerprint density at radius 3 is 2.69 bits per heavy atom. The number of tetrazole rings is 1. The van der Waals surface area contributed by atoms with Crippen LogP contribution in [0.25, 0.3) is 0 Å². The molecule has 0 unspecified atom stereocenters. The van der Waals surface area contributed by atoms with Gasteiger partial charge in [-0.1, -0.05) is 25.8 Å². The fraction of sp³-hybridized carbons (Fsp3) is 0.682. The summed E-state index contributed by atoms with van der Waals surface area (Å²) in [4.78, 5) is 4.40. The lowest BCUT2D eigenvalue weighted by Crippen LogP contribution is -2.48. The van der Waals surface area contributed by atoms with Crippen molar-refractivity contribution in [3.05, 3.63) is 35.7 Å². The van der Waals surface area contributed by atoms with Gasteiger partial charge in [0.1, 0.15) is 0 Å². The minimum Gasteiger partial charge on any atom is -0.376 e. The Morgan fingerprint density at radius 2 is 2.00 bits per heavy atom. The van der Waals surface area contributed by atoms with Gasteiger partial charge in [-0.15, -0.1) is 5.10 Å². The average Bonchev–Trinajstić information content (AvgIpc) is 3.47. The number of ether oxygens (including phenoxy) is 1. The van der Waals surface area contributed by atoms with E-state index in [-0.39, 0.29) is 12.1 Å². The second kappa shape index (κ2) is 10.2. The van der Waals surface area contributed by atoms with Crippen molar-refractivity contribution in [3.8, 4) is 0 Å². The molecule has 2 aromatic rings. The van der Waals surface area contributed by atoms with Gasteiger partial charge in [-0.3, -0.25) is 4.90 Å². The minimum absolute atomic E-state index is 0.0926. The number of nitrogens with zero attached hydrogens (tertiary/aromatic N) is 6. The molecule has 7 nitrogen and oxygen atoms in total. The van der Waals surface area contributed by atoms with Gasteiger partial charge in [0.2, 0.25) is 0 Å². The second-order valence-electron chi connectivity index (χ2n) is 8.58. The summed E-state index contributed by atoms with van der Waals surface area (Å²) in [6, 6.07) is 5.69. The number of piperazine rings is 1. The predicted octanol–water partition coefficient (Wildman–Crippen LogP) is 3.92. The Labute approximate surface area is 186 Å². The Kier molecular flexibility index (Phi) is 7.30. The highest BCUT2D eigenvalue weighted by Gasteiger charge is 2.32. The molecule has 176 valence electrons. The Hall–Kier alpha value is -2.20. The van der Waals surface area contributed by atoms with Gasteiger partial charge in [-0.05, 0) is 47.9 Å². The summed E-state index contributed by atoms with van der Waals surface area (Å²) in [6.45, 7) is 6.44. The van der Waals surface area contributed by atoms with E-state index in [1.807, 2.05) is 9.58 Å². The number of aromatic nitrogens is 4. The SMILES string of the molecule is CCCC[C@H](c1nnnn1C[C@@H]1CCCO1)N1CCN(c2cccc(C(F)(F)F)c2)CC1. The third kappa shape index (κ3) is 5.40. The van der Waals surface area contributed by atoms with Gasteiger partial charge in [0.25, 0.3) is 0 Å². The maximum Gasteiger partial charge on any atom is 0.416 e. The fourth-order valence-corrected chi connectivity index (χ4v) is 4.60. The molecule has 0 aliphatic carbocycles. The van der Waals surface area contributed by atoms with Crippen molar-refractivity contribution in [2.24, 2.45) is 0 Å². The molecule has 0 saturated carbocycles. The molecule has 32 heavy (non-hydrogen) atoms. The van der Waals surface area contributed by atoms with E-state index in [2.05, 4.69) is 27.3 Å². The molecule has 0 amide bonds. The summed E-state index contributed by atoms with van der Waals surface area (Å²) in [5.41, 5.74) is 0.0133. The first-order valence-electron chi connectivity index (χ1n) is 11.5. The van der Waals surface area contributed by atoms with E-state index in [1.165, 1.54) is 12.1 Å². The van der Waals surface area contributed by atoms with Gasteiger partial charge in [0, 0.05) is 38.5 Å². The highest BCUT2D eigenvalue weighted by molar-refractivity contribution is 5.49. The van der Waals surface area contributed by atoms with Gasteiger partial charge < -0.3 is 9.64 Å². The minimum atomic E-state index is -4.33. The average molecular weight is 453 g/mol. The number of alkyl halides is 3. The lowest BCUT2D eigenvalue weighted by molar-refractivity contribution is -0.137. The number of halogens is 3. The number of unbranched alkanes of at least 4 members (excludes halogenated alkanes) is 1. The van der Waals surface area contributed by atoms with Gasteiger partial charge in [-0.2, -0.15) is 13.2 Å². The summed E-state index contributed by atoms with van der Waals surface area (Å²) < 4.78 is 47.0. The highest BCUT2D eigenvalue weighted by Crippen LogP contribution is 2.33. The molecule has 0 spiro atoms. The van der Waals surface area contributed by atoms with Crippen LogP contribution in [0, 0.1) is 0 Å². The van der Waals surface area contributed by atoms with Gasteiger partial charge in [0.15, 0.2) is 5.82 Å². The van der Waals surface area contributed by atoms with E-state index < -0.39 is 11.7 Å². The van der Waals surface area contributed by atoms with E-state index in [0.717, 1.165) is 63.7 Å². The zero-order valence-electron chi connectivity index (χ0n) is 18.5.